The number of fused-ring (bicyclic) bond motifs is 1. The average Bonchev–Trinajstić information content (AvgIpc) is 2.60. The molecule has 0 fully saturated rings. The van der Waals surface area contributed by atoms with Crippen LogP contribution in [0.25, 0.3) is 10.9 Å². The molecule has 2 aromatic carbocycles. The van der Waals surface area contributed by atoms with E-state index in [4.69, 9.17) is 9.47 Å². The van der Waals surface area contributed by atoms with Crippen LogP contribution in [0.4, 0.5) is 0 Å². The fraction of sp³-hybridized carbons (Fsp3) is 0.158. The predicted octanol–water partition coefficient (Wildman–Crippen LogP) is 3.53. The molecule has 0 saturated carbocycles. The summed E-state index contributed by atoms with van der Waals surface area (Å²) in [6.07, 6.45) is 0.236. The van der Waals surface area contributed by atoms with Gasteiger partial charge in [0.2, 0.25) is 5.88 Å². The second-order valence-corrected chi connectivity index (χ2v) is 5.16. The zero-order chi connectivity index (χ0) is 16.1. The highest BCUT2D eigenvalue weighted by molar-refractivity contribution is 5.86. The Morgan fingerprint density at radius 2 is 1.83 bits per heavy atom. The molecular weight excluding hydrogens is 290 g/mol. The molecule has 4 heteroatoms. The van der Waals surface area contributed by atoms with Crippen LogP contribution < -0.4 is 4.74 Å². The number of hydrogen-bond donors (Lipinski definition) is 0. The van der Waals surface area contributed by atoms with E-state index in [-0.39, 0.29) is 12.4 Å². The van der Waals surface area contributed by atoms with E-state index in [1.165, 1.54) is 7.11 Å². The van der Waals surface area contributed by atoms with Gasteiger partial charge in [0.25, 0.3) is 0 Å². The number of nitrogens with zero attached hydrogens (tertiary/aromatic N) is 1. The van der Waals surface area contributed by atoms with Crippen molar-refractivity contribution in [2.24, 2.45) is 0 Å². The zero-order valence-electron chi connectivity index (χ0n) is 12.9. The smallest absolute Gasteiger partial charge is 0.310 e. The molecule has 0 radical (unpaired) electrons. The van der Waals surface area contributed by atoms with Crippen LogP contribution in [-0.2, 0) is 22.6 Å². The highest BCUT2D eigenvalue weighted by Crippen LogP contribution is 2.21. The molecule has 4 nitrogen and oxygen atoms in total. The third kappa shape index (κ3) is 3.66. The second kappa shape index (κ2) is 6.92. The maximum atomic E-state index is 11.5. The Morgan fingerprint density at radius 3 is 2.61 bits per heavy atom. The molecule has 0 unspecified atom stereocenters. The number of methoxy groups -OCH3 is 1. The fourth-order valence-corrected chi connectivity index (χ4v) is 2.39. The van der Waals surface area contributed by atoms with Gasteiger partial charge in [0.1, 0.15) is 6.61 Å². The van der Waals surface area contributed by atoms with Crippen molar-refractivity contribution in [3.63, 3.8) is 0 Å². The normalized spacial score (nSPS) is 10.5. The van der Waals surface area contributed by atoms with Gasteiger partial charge < -0.3 is 9.47 Å². The number of carbonyl (C=O) groups excluding carboxylic acids is 1. The van der Waals surface area contributed by atoms with Crippen LogP contribution in [0.5, 0.6) is 5.88 Å². The Labute approximate surface area is 134 Å². The van der Waals surface area contributed by atoms with Gasteiger partial charge in [-0.3, -0.25) is 4.79 Å². The van der Waals surface area contributed by atoms with Crippen molar-refractivity contribution in [3.8, 4) is 5.88 Å². The molecule has 3 aromatic rings. The molecule has 0 N–H and O–H groups in total. The maximum Gasteiger partial charge on any atom is 0.310 e. The summed E-state index contributed by atoms with van der Waals surface area (Å²) in [5.41, 5.74) is 2.79. The standard InChI is InChI=1S/C19H17NO3/c1-22-19(21)12-15-8-5-9-17-16(15)10-11-18(20-17)23-13-14-6-3-2-4-7-14/h2-11H,12-13H2,1H3. The molecule has 1 aromatic heterocycles. The van der Waals surface area contributed by atoms with Crippen LogP contribution in [0.1, 0.15) is 11.1 Å². The minimum absolute atomic E-state index is 0.236. The van der Waals surface area contributed by atoms with Gasteiger partial charge in [0.05, 0.1) is 19.0 Å². The monoisotopic (exact) mass is 307 g/mol. The Hall–Kier alpha value is -2.88. The van der Waals surface area contributed by atoms with Gasteiger partial charge in [0, 0.05) is 11.5 Å². The molecule has 3 rings (SSSR count). The minimum atomic E-state index is -0.262. The first-order chi connectivity index (χ1) is 11.3. The lowest BCUT2D eigenvalue weighted by atomic mass is 10.1. The van der Waals surface area contributed by atoms with E-state index >= 15 is 0 Å². The van der Waals surface area contributed by atoms with Crippen LogP contribution in [0.15, 0.2) is 60.7 Å². The highest BCUT2D eigenvalue weighted by Gasteiger charge is 2.08. The summed E-state index contributed by atoms with van der Waals surface area (Å²) >= 11 is 0. The second-order valence-electron chi connectivity index (χ2n) is 5.16. The van der Waals surface area contributed by atoms with E-state index in [0.29, 0.717) is 12.5 Å². The van der Waals surface area contributed by atoms with Gasteiger partial charge in [-0.2, -0.15) is 0 Å². The van der Waals surface area contributed by atoms with E-state index in [1.54, 1.807) is 0 Å². The predicted molar refractivity (Wildman–Crippen MR) is 88.2 cm³/mol. The van der Waals surface area contributed by atoms with Gasteiger partial charge in [0.15, 0.2) is 0 Å². The van der Waals surface area contributed by atoms with E-state index in [9.17, 15) is 4.79 Å². The van der Waals surface area contributed by atoms with Gasteiger partial charge in [-0.15, -0.1) is 0 Å². The Bertz CT molecular complexity index is 815. The number of hydrogen-bond acceptors (Lipinski definition) is 4. The van der Waals surface area contributed by atoms with Crippen molar-refractivity contribution in [1.29, 1.82) is 0 Å². The van der Waals surface area contributed by atoms with Crippen molar-refractivity contribution in [3.05, 3.63) is 71.8 Å². The van der Waals surface area contributed by atoms with Crippen molar-refractivity contribution < 1.29 is 14.3 Å². The molecule has 0 amide bonds. The number of benzene rings is 2. The Kier molecular flexibility index (Phi) is 4.52. The van der Waals surface area contributed by atoms with E-state index in [1.807, 2.05) is 60.7 Å². The number of esters is 1. The quantitative estimate of drug-likeness (QED) is 0.677. The molecule has 1 heterocycles. The largest absolute Gasteiger partial charge is 0.473 e. The Balaban J connectivity index is 1.80. The van der Waals surface area contributed by atoms with Crippen molar-refractivity contribution in [2.45, 2.75) is 13.0 Å². The summed E-state index contributed by atoms with van der Waals surface area (Å²) in [5, 5.41) is 0.935. The lowest BCUT2D eigenvalue weighted by Gasteiger charge is -2.08. The van der Waals surface area contributed by atoms with Crippen molar-refractivity contribution in [1.82, 2.24) is 4.98 Å². The van der Waals surface area contributed by atoms with Gasteiger partial charge >= 0.3 is 5.97 Å². The first-order valence-electron chi connectivity index (χ1n) is 7.38. The number of pyridine rings is 1. The maximum absolute atomic E-state index is 11.5. The third-order valence-corrected chi connectivity index (χ3v) is 3.59. The Morgan fingerprint density at radius 1 is 1.00 bits per heavy atom. The number of ether oxygens (including phenoxy) is 2. The minimum Gasteiger partial charge on any atom is -0.473 e. The van der Waals surface area contributed by atoms with Crippen LogP contribution >= 0.6 is 0 Å². The van der Waals surface area contributed by atoms with Crippen LogP contribution in [0, 0.1) is 0 Å². The summed E-state index contributed by atoms with van der Waals surface area (Å²) in [7, 11) is 1.39. The molecule has 116 valence electrons. The lowest BCUT2D eigenvalue weighted by molar-refractivity contribution is -0.139. The topological polar surface area (TPSA) is 48.4 Å². The van der Waals surface area contributed by atoms with Crippen molar-refractivity contribution >= 4 is 16.9 Å². The molecule has 23 heavy (non-hydrogen) atoms. The van der Waals surface area contributed by atoms with E-state index in [0.717, 1.165) is 22.0 Å². The number of carbonyl (C=O) groups is 1. The van der Waals surface area contributed by atoms with Crippen LogP contribution in [-0.4, -0.2) is 18.1 Å². The molecule has 0 aliphatic heterocycles. The molecule has 0 atom stereocenters. The SMILES string of the molecule is COC(=O)Cc1cccc2nc(OCc3ccccc3)ccc12. The third-order valence-electron chi connectivity index (χ3n) is 3.59. The summed E-state index contributed by atoms with van der Waals surface area (Å²) in [6, 6.07) is 19.4. The van der Waals surface area contributed by atoms with Gasteiger partial charge in [-0.05, 0) is 23.3 Å². The first kappa shape index (κ1) is 15.0. The molecule has 0 bridgehead atoms. The molecule has 0 aliphatic carbocycles. The molecule has 0 saturated heterocycles. The summed E-state index contributed by atoms with van der Waals surface area (Å²) in [4.78, 5) is 16.0. The molecule has 0 spiro atoms. The fourth-order valence-electron chi connectivity index (χ4n) is 2.39. The molecule has 0 aliphatic rings. The van der Waals surface area contributed by atoms with Crippen LogP contribution in [0.2, 0.25) is 0 Å². The highest BCUT2D eigenvalue weighted by atomic mass is 16.5. The first-order valence-corrected chi connectivity index (χ1v) is 7.38. The summed E-state index contributed by atoms with van der Waals surface area (Å²) in [5.74, 6) is 0.304. The van der Waals surface area contributed by atoms with E-state index in [2.05, 4.69) is 4.98 Å². The van der Waals surface area contributed by atoms with E-state index < -0.39 is 0 Å². The summed E-state index contributed by atoms with van der Waals surface area (Å²) < 4.78 is 10.5. The van der Waals surface area contributed by atoms with Crippen LogP contribution in [0.3, 0.4) is 0 Å². The molecular formula is C19H17NO3. The lowest BCUT2D eigenvalue weighted by Crippen LogP contribution is -2.05. The number of aromatic nitrogens is 1. The average molecular weight is 307 g/mol. The van der Waals surface area contributed by atoms with Crippen molar-refractivity contribution in [2.75, 3.05) is 7.11 Å². The zero-order valence-corrected chi connectivity index (χ0v) is 12.9. The summed E-state index contributed by atoms with van der Waals surface area (Å²) in [6.45, 7) is 0.473. The number of rotatable bonds is 5. The van der Waals surface area contributed by atoms with Gasteiger partial charge in [-0.25, -0.2) is 4.98 Å². The van der Waals surface area contributed by atoms with Gasteiger partial charge in [-0.1, -0.05) is 42.5 Å².